The highest BCUT2D eigenvalue weighted by Crippen LogP contribution is 2.30. The van der Waals surface area contributed by atoms with Crippen molar-refractivity contribution in [1.29, 1.82) is 0 Å². The number of thioether (sulfide) groups is 1. The molecule has 3 rings (SSSR count). The minimum atomic E-state index is -0.172. The van der Waals surface area contributed by atoms with Crippen LogP contribution in [0.5, 0.6) is 0 Å². The van der Waals surface area contributed by atoms with E-state index in [-0.39, 0.29) is 5.91 Å². The van der Waals surface area contributed by atoms with Gasteiger partial charge in [-0.3, -0.25) is 9.78 Å². The highest BCUT2D eigenvalue weighted by Gasteiger charge is 2.23. The summed E-state index contributed by atoms with van der Waals surface area (Å²) in [6.45, 7) is 0. The molecule has 0 atom stereocenters. The van der Waals surface area contributed by atoms with Crippen molar-refractivity contribution >= 4 is 46.2 Å². The second-order valence-electron chi connectivity index (χ2n) is 4.22. The molecule has 6 heteroatoms. The molecule has 21 heavy (non-hydrogen) atoms. The summed E-state index contributed by atoms with van der Waals surface area (Å²) in [5.41, 5.74) is 1.50. The Kier molecular flexibility index (Phi) is 4.03. The standard InChI is InChI=1S/C15H10ClN3OS/c16-11-5-1-2-6-12(11)18-15-19-14(20)13(21-15)8-10-4-3-7-17-9-10/h1-9H,(H,18,19,20)/b13-8-. The summed E-state index contributed by atoms with van der Waals surface area (Å²) < 4.78 is 0. The number of amides is 1. The van der Waals surface area contributed by atoms with Gasteiger partial charge in [0.2, 0.25) is 0 Å². The van der Waals surface area contributed by atoms with Crippen LogP contribution < -0.4 is 5.32 Å². The topological polar surface area (TPSA) is 54.4 Å². The van der Waals surface area contributed by atoms with Gasteiger partial charge in [0.25, 0.3) is 5.91 Å². The molecule has 0 bridgehead atoms. The van der Waals surface area contributed by atoms with E-state index in [2.05, 4.69) is 15.3 Å². The summed E-state index contributed by atoms with van der Waals surface area (Å²) in [6.07, 6.45) is 5.17. The normalized spacial score (nSPS) is 18.2. The second kappa shape index (κ2) is 6.11. The zero-order valence-electron chi connectivity index (χ0n) is 10.8. The van der Waals surface area contributed by atoms with Gasteiger partial charge in [0.15, 0.2) is 5.17 Å². The monoisotopic (exact) mass is 315 g/mol. The minimum absolute atomic E-state index is 0.172. The van der Waals surface area contributed by atoms with Crippen LogP contribution in [-0.4, -0.2) is 16.1 Å². The number of nitrogens with one attached hydrogen (secondary N) is 1. The highest BCUT2D eigenvalue weighted by molar-refractivity contribution is 8.18. The zero-order chi connectivity index (χ0) is 14.7. The van der Waals surface area contributed by atoms with E-state index in [0.29, 0.717) is 20.8 Å². The Morgan fingerprint density at radius 2 is 2.10 bits per heavy atom. The van der Waals surface area contributed by atoms with Crippen molar-refractivity contribution < 1.29 is 4.79 Å². The number of nitrogens with zero attached hydrogens (tertiary/aromatic N) is 2. The number of carbonyl (C=O) groups is 1. The van der Waals surface area contributed by atoms with Crippen LogP contribution in [0.1, 0.15) is 5.56 Å². The number of benzene rings is 1. The fourth-order valence-electron chi connectivity index (χ4n) is 1.75. The van der Waals surface area contributed by atoms with Crippen LogP contribution in [0.25, 0.3) is 6.08 Å². The number of para-hydroxylation sites is 1. The molecule has 1 N–H and O–H groups in total. The Hall–Kier alpha value is -2.11. The van der Waals surface area contributed by atoms with E-state index >= 15 is 0 Å². The van der Waals surface area contributed by atoms with Gasteiger partial charge >= 0.3 is 0 Å². The molecule has 1 aliphatic heterocycles. The quantitative estimate of drug-likeness (QED) is 0.861. The molecule has 1 fully saturated rings. The third-order valence-corrected chi connectivity index (χ3v) is 3.94. The predicted octanol–water partition coefficient (Wildman–Crippen LogP) is 3.63. The molecule has 0 saturated carbocycles. The molecular formula is C15H10ClN3OS. The van der Waals surface area contributed by atoms with Crippen molar-refractivity contribution in [2.75, 3.05) is 0 Å². The first-order valence-electron chi connectivity index (χ1n) is 6.16. The van der Waals surface area contributed by atoms with E-state index in [1.807, 2.05) is 24.3 Å². The largest absolute Gasteiger partial charge is 0.300 e. The van der Waals surface area contributed by atoms with Gasteiger partial charge in [0, 0.05) is 12.4 Å². The highest BCUT2D eigenvalue weighted by atomic mass is 35.5. The van der Waals surface area contributed by atoms with Crippen molar-refractivity contribution in [2.45, 2.75) is 0 Å². The summed E-state index contributed by atoms with van der Waals surface area (Å²) in [6, 6.07) is 10.9. The number of rotatable bonds is 2. The molecule has 0 aliphatic carbocycles. The number of aliphatic imine (C=N–C) groups is 1. The minimum Gasteiger partial charge on any atom is -0.300 e. The van der Waals surface area contributed by atoms with E-state index in [0.717, 1.165) is 5.56 Å². The van der Waals surface area contributed by atoms with Crippen molar-refractivity contribution in [2.24, 2.45) is 4.99 Å². The Labute approximate surface area is 131 Å². The predicted molar refractivity (Wildman–Crippen MR) is 86.5 cm³/mol. The fraction of sp³-hybridized carbons (Fsp3) is 0. The number of amidine groups is 1. The van der Waals surface area contributed by atoms with Gasteiger partial charge in [-0.2, -0.15) is 0 Å². The SMILES string of the molecule is O=C1NC(=Nc2ccccc2Cl)S/C1=C\c1cccnc1. The summed E-state index contributed by atoms with van der Waals surface area (Å²) >= 11 is 7.33. The maximum atomic E-state index is 11.9. The van der Waals surface area contributed by atoms with Crippen LogP contribution in [0.3, 0.4) is 0 Å². The van der Waals surface area contributed by atoms with Gasteiger partial charge in [-0.05, 0) is 41.6 Å². The molecule has 0 spiro atoms. The summed E-state index contributed by atoms with van der Waals surface area (Å²) in [5, 5.41) is 3.79. The molecule has 104 valence electrons. The van der Waals surface area contributed by atoms with Crippen molar-refractivity contribution in [3.63, 3.8) is 0 Å². The third-order valence-electron chi connectivity index (χ3n) is 2.71. The lowest BCUT2D eigenvalue weighted by atomic mass is 10.2. The van der Waals surface area contributed by atoms with E-state index in [1.54, 1.807) is 30.6 Å². The van der Waals surface area contributed by atoms with E-state index in [4.69, 9.17) is 11.6 Å². The molecule has 0 radical (unpaired) electrons. The summed E-state index contributed by atoms with van der Waals surface area (Å²) in [5.74, 6) is -0.172. The average molecular weight is 316 g/mol. The lowest BCUT2D eigenvalue weighted by Crippen LogP contribution is -2.19. The molecule has 1 aliphatic rings. The molecule has 2 heterocycles. The summed E-state index contributed by atoms with van der Waals surface area (Å²) in [7, 11) is 0. The van der Waals surface area contributed by atoms with Crippen LogP contribution in [0, 0.1) is 0 Å². The molecule has 0 unspecified atom stereocenters. The number of aromatic nitrogens is 1. The number of carbonyl (C=O) groups excluding carboxylic acids is 1. The van der Waals surface area contributed by atoms with Gasteiger partial charge in [-0.25, -0.2) is 4.99 Å². The van der Waals surface area contributed by atoms with E-state index in [1.165, 1.54) is 11.8 Å². The molecule has 1 amide bonds. The Morgan fingerprint density at radius 3 is 2.86 bits per heavy atom. The Morgan fingerprint density at radius 1 is 1.24 bits per heavy atom. The summed E-state index contributed by atoms with van der Waals surface area (Å²) in [4.78, 5) is 20.9. The average Bonchev–Trinajstić information content (AvgIpc) is 2.82. The second-order valence-corrected chi connectivity index (χ2v) is 5.66. The molecule has 4 nitrogen and oxygen atoms in total. The van der Waals surface area contributed by atoms with E-state index in [9.17, 15) is 4.79 Å². The van der Waals surface area contributed by atoms with Gasteiger partial charge in [0.1, 0.15) is 0 Å². The molecular weight excluding hydrogens is 306 g/mol. The van der Waals surface area contributed by atoms with Crippen molar-refractivity contribution in [1.82, 2.24) is 10.3 Å². The lowest BCUT2D eigenvalue weighted by Gasteiger charge is -1.98. The Balaban J connectivity index is 1.85. The first-order chi connectivity index (χ1) is 10.2. The van der Waals surface area contributed by atoms with Crippen LogP contribution >= 0.6 is 23.4 Å². The smallest absolute Gasteiger partial charge is 0.264 e. The van der Waals surface area contributed by atoms with Crippen LogP contribution in [0.4, 0.5) is 5.69 Å². The fourth-order valence-corrected chi connectivity index (χ4v) is 2.76. The van der Waals surface area contributed by atoms with Crippen molar-refractivity contribution in [3.05, 3.63) is 64.3 Å². The molecule has 1 aromatic carbocycles. The third kappa shape index (κ3) is 3.32. The van der Waals surface area contributed by atoms with Crippen LogP contribution in [-0.2, 0) is 4.79 Å². The lowest BCUT2D eigenvalue weighted by molar-refractivity contribution is -0.115. The number of hydrogen-bond donors (Lipinski definition) is 1. The first-order valence-corrected chi connectivity index (χ1v) is 7.36. The van der Waals surface area contributed by atoms with Crippen LogP contribution in [0.2, 0.25) is 5.02 Å². The molecule has 2 aromatic rings. The molecule has 1 saturated heterocycles. The molecule has 1 aromatic heterocycles. The number of halogens is 1. The van der Waals surface area contributed by atoms with Crippen LogP contribution in [0.15, 0.2) is 58.7 Å². The Bertz CT molecular complexity index is 744. The maximum Gasteiger partial charge on any atom is 0.264 e. The van der Waals surface area contributed by atoms with Gasteiger partial charge < -0.3 is 5.32 Å². The number of hydrogen-bond acceptors (Lipinski definition) is 4. The van der Waals surface area contributed by atoms with E-state index < -0.39 is 0 Å². The van der Waals surface area contributed by atoms with Gasteiger partial charge in [0.05, 0.1) is 15.6 Å². The van der Waals surface area contributed by atoms with Gasteiger partial charge in [-0.15, -0.1) is 0 Å². The van der Waals surface area contributed by atoms with Crippen molar-refractivity contribution in [3.8, 4) is 0 Å². The maximum absolute atomic E-state index is 11.9. The number of pyridine rings is 1. The zero-order valence-corrected chi connectivity index (χ0v) is 12.4. The van der Waals surface area contributed by atoms with Gasteiger partial charge in [-0.1, -0.05) is 29.8 Å². The first kappa shape index (κ1) is 13.9.